The molecule has 3 N–H and O–H groups in total. The molecule has 0 spiro atoms. The summed E-state index contributed by atoms with van der Waals surface area (Å²) in [5.41, 5.74) is 4.30. The smallest absolute Gasteiger partial charge is 0.300 e. The summed E-state index contributed by atoms with van der Waals surface area (Å²) in [7, 11) is 0. The molecule has 0 aliphatic heterocycles. The number of anilines is 1. The zero-order chi connectivity index (χ0) is 19.0. The van der Waals surface area contributed by atoms with Crippen molar-refractivity contribution in [2.45, 2.75) is 40.0 Å². The lowest BCUT2D eigenvalue weighted by atomic mass is 9.93. The van der Waals surface area contributed by atoms with Crippen LogP contribution in [-0.4, -0.2) is 32.0 Å². The zero-order valence-corrected chi connectivity index (χ0v) is 15.0. The number of carboxylic acid groups (broad SMARTS) is 1. The van der Waals surface area contributed by atoms with Crippen LogP contribution in [0.2, 0.25) is 0 Å². The van der Waals surface area contributed by atoms with Gasteiger partial charge in [-0.05, 0) is 12.5 Å². The molecular weight excluding hydrogens is 322 g/mol. The van der Waals surface area contributed by atoms with Gasteiger partial charge < -0.3 is 5.11 Å². The number of aromatic amines is 1. The molecule has 134 valence electrons. The van der Waals surface area contributed by atoms with Gasteiger partial charge in [-0.15, -0.1) is 10.2 Å². The van der Waals surface area contributed by atoms with Crippen molar-refractivity contribution < 1.29 is 9.90 Å². The highest BCUT2D eigenvalue weighted by molar-refractivity contribution is 5.98. The van der Waals surface area contributed by atoms with Crippen LogP contribution in [0.15, 0.2) is 40.2 Å². The molecule has 8 heteroatoms. The molecule has 0 bridgehead atoms. The van der Waals surface area contributed by atoms with Gasteiger partial charge in [0.15, 0.2) is 0 Å². The number of H-pyrrole nitrogens is 1. The van der Waals surface area contributed by atoms with Gasteiger partial charge in [0.25, 0.3) is 11.5 Å². The normalized spacial score (nSPS) is 11.3. The summed E-state index contributed by atoms with van der Waals surface area (Å²) in [5, 5.41) is 19.5. The Kier molecular flexibility index (Phi) is 6.98. The van der Waals surface area contributed by atoms with Crippen molar-refractivity contribution in [1.29, 1.82) is 0 Å². The second-order valence-corrected chi connectivity index (χ2v) is 6.30. The van der Waals surface area contributed by atoms with Gasteiger partial charge in [0, 0.05) is 12.3 Å². The van der Waals surface area contributed by atoms with Crippen LogP contribution in [-0.2, 0) is 10.2 Å². The molecular formula is C17H23N5O3. The van der Waals surface area contributed by atoms with Gasteiger partial charge in [0.1, 0.15) is 5.69 Å². The number of hydrogen-bond donors (Lipinski definition) is 3. The van der Waals surface area contributed by atoms with E-state index in [1.165, 1.54) is 0 Å². The highest BCUT2D eigenvalue weighted by Crippen LogP contribution is 2.15. The highest BCUT2D eigenvalue weighted by Gasteiger charge is 2.20. The summed E-state index contributed by atoms with van der Waals surface area (Å²) in [5.74, 6) is -0.608. The number of aromatic nitrogens is 3. The molecule has 0 aliphatic rings. The van der Waals surface area contributed by atoms with Gasteiger partial charge in [0.05, 0.1) is 5.71 Å². The minimum absolute atomic E-state index is 0.225. The van der Waals surface area contributed by atoms with E-state index in [1.54, 1.807) is 0 Å². The fraction of sp³-hybridized carbons (Fsp3) is 0.353. The molecule has 1 aromatic carbocycles. The fourth-order valence-electron chi connectivity index (χ4n) is 1.76. The summed E-state index contributed by atoms with van der Waals surface area (Å²) in [6.07, 6.45) is 0. The molecule has 8 nitrogen and oxygen atoms in total. The Bertz CT molecular complexity index is 788. The molecule has 0 radical (unpaired) electrons. The first-order valence-electron chi connectivity index (χ1n) is 7.64. The van der Waals surface area contributed by atoms with Crippen molar-refractivity contribution >= 4 is 17.6 Å². The molecule has 2 rings (SSSR count). The molecule has 0 atom stereocenters. The molecule has 0 fully saturated rings. The Hall–Kier alpha value is -3.03. The lowest BCUT2D eigenvalue weighted by molar-refractivity contribution is -0.134. The van der Waals surface area contributed by atoms with E-state index in [0.29, 0.717) is 5.69 Å². The maximum Gasteiger partial charge on any atom is 0.300 e. The topological polar surface area (TPSA) is 120 Å². The van der Waals surface area contributed by atoms with E-state index >= 15 is 0 Å². The Morgan fingerprint density at radius 2 is 1.72 bits per heavy atom. The van der Waals surface area contributed by atoms with Crippen LogP contribution in [0.5, 0.6) is 0 Å². The number of nitrogens with one attached hydrogen (secondary N) is 2. The first-order chi connectivity index (χ1) is 11.6. The van der Waals surface area contributed by atoms with Gasteiger partial charge in [-0.25, -0.2) is 5.43 Å². The maximum absolute atomic E-state index is 12.0. The number of rotatable bonds is 3. The fourth-order valence-corrected chi connectivity index (χ4v) is 1.76. The predicted octanol–water partition coefficient (Wildman–Crippen LogP) is 2.39. The van der Waals surface area contributed by atoms with E-state index < -0.39 is 5.97 Å². The maximum atomic E-state index is 12.0. The number of nitrogens with zero attached hydrogens (tertiary/aromatic N) is 3. The molecule has 0 aliphatic carbocycles. The van der Waals surface area contributed by atoms with Crippen LogP contribution in [0.4, 0.5) is 5.95 Å². The Balaban J connectivity index is 0.000000705. The lowest BCUT2D eigenvalue weighted by Gasteiger charge is -2.15. The molecule has 25 heavy (non-hydrogen) atoms. The van der Waals surface area contributed by atoms with Crippen molar-refractivity contribution in [2.24, 2.45) is 5.10 Å². The van der Waals surface area contributed by atoms with Gasteiger partial charge in [0.2, 0.25) is 5.95 Å². The van der Waals surface area contributed by atoms with Crippen molar-refractivity contribution in [2.75, 3.05) is 5.43 Å². The summed E-state index contributed by atoms with van der Waals surface area (Å²) in [6.45, 7) is 8.70. The lowest BCUT2D eigenvalue weighted by Crippen LogP contribution is -2.28. The quantitative estimate of drug-likeness (QED) is 0.580. The molecule has 0 amide bonds. The molecule has 2 aromatic rings. The van der Waals surface area contributed by atoms with Crippen LogP contribution in [0.25, 0.3) is 0 Å². The molecule has 0 saturated carbocycles. The average Bonchev–Trinajstić information content (AvgIpc) is 2.51. The largest absolute Gasteiger partial charge is 0.481 e. The van der Waals surface area contributed by atoms with Crippen molar-refractivity contribution in [3.8, 4) is 0 Å². The highest BCUT2D eigenvalue weighted by atomic mass is 16.4. The third-order valence-corrected chi connectivity index (χ3v) is 2.93. The summed E-state index contributed by atoms with van der Waals surface area (Å²) in [4.78, 5) is 23.6. The average molecular weight is 345 g/mol. The number of hydrogen-bond acceptors (Lipinski definition) is 6. The van der Waals surface area contributed by atoms with Crippen LogP contribution in [0, 0.1) is 0 Å². The number of carbonyl (C=O) groups is 1. The summed E-state index contributed by atoms with van der Waals surface area (Å²) < 4.78 is 0. The Morgan fingerprint density at radius 1 is 1.16 bits per heavy atom. The van der Waals surface area contributed by atoms with Crippen LogP contribution >= 0.6 is 0 Å². The second-order valence-electron chi connectivity index (χ2n) is 6.30. The monoisotopic (exact) mass is 345 g/mol. The standard InChI is InChI=1S/C15H19N5O.C2H4O2/c1-10(11-8-6-5-7-9-11)17-19-14-16-13(21)12(18-20-14)15(2,3)4;1-2(3)4/h5-9H,1-4H3,(H2,16,19,20,21);1H3,(H,3,4)/b17-10+;. The molecule has 0 unspecified atom stereocenters. The summed E-state index contributed by atoms with van der Waals surface area (Å²) >= 11 is 0. The molecule has 1 aromatic heterocycles. The Morgan fingerprint density at radius 3 is 2.20 bits per heavy atom. The van der Waals surface area contributed by atoms with E-state index in [4.69, 9.17) is 9.90 Å². The van der Waals surface area contributed by atoms with E-state index in [1.807, 2.05) is 58.0 Å². The number of benzene rings is 1. The SMILES string of the molecule is C/C(=N\Nc1nnc(C(C)(C)C)c(=O)[nH]1)c1ccccc1.CC(=O)O. The number of carboxylic acids is 1. The van der Waals surface area contributed by atoms with E-state index in [0.717, 1.165) is 18.2 Å². The first kappa shape index (κ1) is 20.0. The zero-order valence-electron chi connectivity index (χ0n) is 15.0. The minimum atomic E-state index is -0.833. The molecule has 0 saturated heterocycles. The van der Waals surface area contributed by atoms with E-state index in [2.05, 4.69) is 25.7 Å². The second kappa shape index (κ2) is 8.72. The van der Waals surface area contributed by atoms with Gasteiger partial charge in [-0.1, -0.05) is 51.1 Å². The van der Waals surface area contributed by atoms with E-state index in [-0.39, 0.29) is 16.9 Å². The Labute approximate surface area is 146 Å². The van der Waals surface area contributed by atoms with Crippen LogP contribution < -0.4 is 11.0 Å². The third kappa shape index (κ3) is 6.94. The van der Waals surface area contributed by atoms with Crippen LogP contribution in [0.1, 0.15) is 45.9 Å². The number of hydrazone groups is 1. The van der Waals surface area contributed by atoms with Gasteiger partial charge in [-0.2, -0.15) is 5.10 Å². The van der Waals surface area contributed by atoms with Crippen LogP contribution in [0.3, 0.4) is 0 Å². The number of aliphatic carboxylic acids is 1. The third-order valence-electron chi connectivity index (χ3n) is 2.93. The van der Waals surface area contributed by atoms with Crippen molar-refractivity contribution in [3.63, 3.8) is 0 Å². The van der Waals surface area contributed by atoms with Crippen molar-refractivity contribution in [1.82, 2.24) is 15.2 Å². The van der Waals surface area contributed by atoms with E-state index in [9.17, 15) is 4.79 Å². The van der Waals surface area contributed by atoms with Gasteiger partial charge in [-0.3, -0.25) is 14.6 Å². The predicted molar refractivity (Wildman–Crippen MR) is 96.9 cm³/mol. The van der Waals surface area contributed by atoms with Gasteiger partial charge >= 0.3 is 0 Å². The summed E-state index contributed by atoms with van der Waals surface area (Å²) in [6, 6.07) is 9.73. The molecule has 1 heterocycles. The van der Waals surface area contributed by atoms with Crippen molar-refractivity contribution in [3.05, 3.63) is 51.9 Å². The first-order valence-corrected chi connectivity index (χ1v) is 7.64. The minimum Gasteiger partial charge on any atom is -0.481 e.